The maximum atomic E-state index is 13.4. The van der Waals surface area contributed by atoms with Crippen LogP contribution >= 0.6 is 0 Å². The van der Waals surface area contributed by atoms with Crippen LogP contribution in [0.4, 0.5) is 0 Å². The predicted octanol–water partition coefficient (Wildman–Crippen LogP) is 3.22. The molecular formula is C24H20N2O5S. The molecule has 0 saturated carbocycles. The van der Waals surface area contributed by atoms with Crippen molar-refractivity contribution in [2.45, 2.75) is 10.8 Å². The van der Waals surface area contributed by atoms with Crippen molar-refractivity contribution < 1.29 is 23.1 Å². The van der Waals surface area contributed by atoms with Gasteiger partial charge in [0.1, 0.15) is 0 Å². The number of hydrogen-bond donors (Lipinski definition) is 1. The molecule has 1 unspecified atom stereocenters. The summed E-state index contributed by atoms with van der Waals surface area (Å²) in [7, 11) is -4.05. The van der Waals surface area contributed by atoms with Gasteiger partial charge in [0, 0.05) is 24.9 Å². The molecule has 0 amide bonds. The van der Waals surface area contributed by atoms with Crippen LogP contribution in [0, 0.1) is 0 Å². The largest absolute Gasteiger partial charge is 0.478 e. The topological polar surface area (TPSA) is 105 Å². The first kappa shape index (κ1) is 21.6. The smallest absolute Gasteiger partial charge is 0.335 e. The molecule has 162 valence electrons. The van der Waals surface area contributed by atoms with Gasteiger partial charge in [-0.05, 0) is 42.0 Å². The Morgan fingerprint density at radius 1 is 1.03 bits per heavy atom. The number of carbonyl (C=O) groups excluding carboxylic acids is 1. The first-order valence-corrected chi connectivity index (χ1v) is 11.3. The van der Waals surface area contributed by atoms with E-state index in [2.05, 4.69) is 4.98 Å². The number of ketones is 1. The van der Waals surface area contributed by atoms with Crippen molar-refractivity contribution >= 4 is 27.9 Å². The van der Waals surface area contributed by atoms with E-state index in [1.165, 1.54) is 22.5 Å². The summed E-state index contributed by atoms with van der Waals surface area (Å²) in [6, 6.07) is 19.5. The summed E-state index contributed by atoms with van der Waals surface area (Å²) in [5.74, 6) is -2.06. The van der Waals surface area contributed by atoms with Crippen LogP contribution in [-0.4, -0.2) is 47.7 Å². The Hall–Kier alpha value is -3.62. The van der Waals surface area contributed by atoms with Gasteiger partial charge in [0.25, 0.3) is 0 Å². The molecule has 1 N–H and O–H groups in total. The van der Waals surface area contributed by atoms with Gasteiger partial charge < -0.3 is 5.11 Å². The highest BCUT2D eigenvalue weighted by atomic mass is 32.2. The SMILES string of the molecule is O=C(O)c1cccc(S(=O)(=O)N2C/C(=C/c3ccccn3)C(=O)C(c3ccccc3)C2)c1. The number of aromatic carboxylic acids is 1. The van der Waals surface area contributed by atoms with Crippen molar-refractivity contribution in [1.29, 1.82) is 0 Å². The van der Waals surface area contributed by atoms with E-state index >= 15 is 0 Å². The van der Waals surface area contributed by atoms with Gasteiger partial charge in [-0.3, -0.25) is 9.78 Å². The lowest BCUT2D eigenvalue weighted by molar-refractivity contribution is -0.118. The highest BCUT2D eigenvalue weighted by Gasteiger charge is 2.38. The number of sulfonamides is 1. The summed E-state index contributed by atoms with van der Waals surface area (Å²) in [6.07, 6.45) is 3.20. The van der Waals surface area contributed by atoms with E-state index in [-0.39, 0.29) is 29.3 Å². The van der Waals surface area contributed by atoms with Gasteiger partial charge in [-0.25, -0.2) is 13.2 Å². The molecule has 4 rings (SSSR count). The molecule has 0 bridgehead atoms. The normalized spacial score (nSPS) is 18.6. The number of carboxylic acids is 1. The molecule has 0 aliphatic carbocycles. The molecule has 3 aromatic rings. The van der Waals surface area contributed by atoms with Crippen LogP contribution in [0.5, 0.6) is 0 Å². The fourth-order valence-corrected chi connectivity index (χ4v) is 5.14. The minimum Gasteiger partial charge on any atom is -0.478 e. The molecule has 8 heteroatoms. The number of rotatable bonds is 5. The second kappa shape index (κ2) is 8.86. The van der Waals surface area contributed by atoms with E-state index in [0.717, 1.165) is 6.07 Å². The molecule has 1 aromatic heterocycles. The maximum Gasteiger partial charge on any atom is 0.335 e. The van der Waals surface area contributed by atoms with E-state index < -0.39 is 21.9 Å². The predicted molar refractivity (Wildman–Crippen MR) is 119 cm³/mol. The van der Waals surface area contributed by atoms with E-state index in [1.54, 1.807) is 54.7 Å². The number of aromatic nitrogens is 1. The molecule has 1 atom stereocenters. The van der Waals surface area contributed by atoms with Crippen molar-refractivity contribution in [3.8, 4) is 0 Å². The van der Waals surface area contributed by atoms with Gasteiger partial charge in [-0.1, -0.05) is 42.5 Å². The fraction of sp³-hybridized carbons (Fsp3) is 0.125. The second-order valence-electron chi connectivity index (χ2n) is 7.38. The molecule has 1 aliphatic rings. The van der Waals surface area contributed by atoms with Crippen molar-refractivity contribution in [2.24, 2.45) is 0 Å². The molecule has 7 nitrogen and oxygen atoms in total. The Labute approximate surface area is 185 Å². The Morgan fingerprint density at radius 3 is 2.47 bits per heavy atom. The van der Waals surface area contributed by atoms with Gasteiger partial charge in [0.2, 0.25) is 10.0 Å². The van der Waals surface area contributed by atoms with Crippen molar-refractivity contribution in [3.05, 3.63) is 101 Å². The molecule has 1 fully saturated rings. The lowest BCUT2D eigenvalue weighted by atomic mass is 9.87. The first-order chi connectivity index (χ1) is 15.4. The monoisotopic (exact) mass is 448 g/mol. The zero-order valence-electron chi connectivity index (χ0n) is 17.0. The number of carboxylic acid groups (broad SMARTS) is 1. The molecule has 2 aromatic carbocycles. The average molecular weight is 449 g/mol. The lowest BCUT2D eigenvalue weighted by Gasteiger charge is -2.33. The number of Topliss-reactive ketones (excluding diaryl/α,β-unsaturated/α-hetero) is 1. The molecule has 2 heterocycles. The molecule has 0 spiro atoms. The average Bonchev–Trinajstić information content (AvgIpc) is 2.81. The number of pyridine rings is 1. The number of carbonyl (C=O) groups is 2. The third kappa shape index (κ3) is 4.37. The zero-order valence-corrected chi connectivity index (χ0v) is 17.8. The molecule has 1 saturated heterocycles. The first-order valence-electron chi connectivity index (χ1n) is 9.90. The van der Waals surface area contributed by atoms with Crippen molar-refractivity contribution in [3.63, 3.8) is 0 Å². The highest BCUT2D eigenvalue weighted by molar-refractivity contribution is 7.89. The third-order valence-electron chi connectivity index (χ3n) is 5.30. The van der Waals surface area contributed by atoms with E-state index in [1.807, 2.05) is 6.07 Å². The van der Waals surface area contributed by atoms with E-state index in [0.29, 0.717) is 16.8 Å². The minimum atomic E-state index is -4.05. The third-order valence-corrected chi connectivity index (χ3v) is 7.10. The number of benzene rings is 2. The molecule has 0 radical (unpaired) electrons. The molecule has 1 aliphatic heterocycles. The van der Waals surface area contributed by atoms with Crippen molar-refractivity contribution in [1.82, 2.24) is 9.29 Å². The van der Waals surface area contributed by atoms with Gasteiger partial charge in [0.15, 0.2) is 5.78 Å². The summed E-state index contributed by atoms with van der Waals surface area (Å²) in [6.45, 7) is -0.166. The summed E-state index contributed by atoms with van der Waals surface area (Å²) in [4.78, 5) is 28.7. The van der Waals surface area contributed by atoms with E-state index in [9.17, 15) is 23.1 Å². The number of piperidine rings is 1. The Kier molecular flexibility index (Phi) is 5.98. The van der Waals surface area contributed by atoms with Crippen molar-refractivity contribution in [2.75, 3.05) is 13.1 Å². The summed E-state index contributed by atoms with van der Waals surface area (Å²) < 4.78 is 28.1. The number of nitrogens with zero attached hydrogens (tertiary/aromatic N) is 2. The Bertz CT molecular complexity index is 1290. The van der Waals surface area contributed by atoms with Crippen LogP contribution < -0.4 is 0 Å². The van der Waals surface area contributed by atoms with Gasteiger partial charge in [-0.2, -0.15) is 4.31 Å². The fourth-order valence-electron chi connectivity index (χ4n) is 3.66. The molecular weight excluding hydrogens is 428 g/mol. The lowest BCUT2D eigenvalue weighted by Crippen LogP contribution is -2.44. The Morgan fingerprint density at radius 2 is 1.78 bits per heavy atom. The van der Waals surface area contributed by atoms with Gasteiger partial charge in [0.05, 0.1) is 22.1 Å². The standard InChI is InChI=1S/C24H20N2O5S/c27-23-19(13-20-10-4-5-12-25-20)15-26(16-22(23)17-7-2-1-3-8-17)32(30,31)21-11-6-9-18(14-21)24(28)29/h1-14,22H,15-16H2,(H,28,29)/b19-13-. The van der Waals surface area contributed by atoms with Gasteiger partial charge >= 0.3 is 5.97 Å². The maximum absolute atomic E-state index is 13.4. The van der Waals surface area contributed by atoms with Crippen LogP contribution in [0.25, 0.3) is 6.08 Å². The van der Waals surface area contributed by atoms with Gasteiger partial charge in [-0.15, -0.1) is 0 Å². The number of hydrogen-bond acceptors (Lipinski definition) is 5. The van der Waals surface area contributed by atoms with E-state index in [4.69, 9.17) is 0 Å². The quantitative estimate of drug-likeness (QED) is 0.601. The van der Waals surface area contributed by atoms with Crippen LogP contribution in [0.1, 0.15) is 27.5 Å². The highest BCUT2D eigenvalue weighted by Crippen LogP contribution is 2.31. The summed E-state index contributed by atoms with van der Waals surface area (Å²) in [5.41, 5.74) is 1.46. The zero-order chi connectivity index (χ0) is 22.7. The van der Waals surface area contributed by atoms with Crippen LogP contribution in [0.3, 0.4) is 0 Å². The second-order valence-corrected chi connectivity index (χ2v) is 9.32. The molecule has 32 heavy (non-hydrogen) atoms. The Balaban J connectivity index is 1.77. The van der Waals surface area contributed by atoms with Crippen LogP contribution in [-0.2, 0) is 14.8 Å². The minimum absolute atomic E-state index is 0.0396. The van der Waals surface area contributed by atoms with Crippen LogP contribution in [0.15, 0.2) is 89.5 Å². The summed E-state index contributed by atoms with van der Waals surface area (Å²) >= 11 is 0. The van der Waals surface area contributed by atoms with Crippen LogP contribution in [0.2, 0.25) is 0 Å². The summed E-state index contributed by atoms with van der Waals surface area (Å²) in [5, 5.41) is 9.25.